The minimum atomic E-state index is -0.552. The SMILES string of the molecule is CC(C)(C)c1cc(N2c3cc(C(C)(C)C)ccc3B3c4ccccc4N(c4ccc(C(c5ccccc5)(c5ccccc5)c5ccccc5)cc4)c4cc(-c5ccccc5)cc2c43)cc(C(C)(C)C)c1. The molecule has 2 aliphatic rings. The number of hydrogen-bond donors (Lipinski definition) is 0. The van der Waals surface area contributed by atoms with Crippen LogP contribution >= 0.6 is 0 Å². The lowest BCUT2D eigenvalue weighted by Crippen LogP contribution is -2.61. The van der Waals surface area contributed by atoms with E-state index < -0.39 is 5.41 Å². The maximum absolute atomic E-state index is 2.62. The zero-order valence-corrected chi connectivity index (χ0v) is 42.3. The molecule has 2 aliphatic heterocycles. The predicted octanol–water partition coefficient (Wildman–Crippen LogP) is 15.7. The van der Waals surface area contributed by atoms with Crippen LogP contribution in [0, 0.1) is 0 Å². The molecular formula is C67H63BN2. The first kappa shape index (κ1) is 45.1. The molecule has 2 nitrogen and oxygen atoms in total. The largest absolute Gasteiger partial charge is 0.311 e. The van der Waals surface area contributed by atoms with Crippen molar-refractivity contribution >= 4 is 57.2 Å². The Bertz CT molecular complexity index is 3230. The van der Waals surface area contributed by atoms with Gasteiger partial charge in [-0.25, -0.2) is 0 Å². The predicted molar refractivity (Wildman–Crippen MR) is 300 cm³/mol. The van der Waals surface area contributed by atoms with Crippen LogP contribution in [0.15, 0.2) is 218 Å². The highest BCUT2D eigenvalue weighted by atomic mass is 15.2. The van der Waals surface area contributed by atoms with E-state index in [1.165, 1.54) is 94.9 Å². The molecule has 0 amide bonds. The van der Waals surface area contributed by atoms with Gasteiger partial charge in [0.15, 0.2) is 0 Å². The lowest BCUT2D eigenvalue weighted by atomic mass is 9.33. The summed E-state index contributed by atoms with van der Waals surface area (Å²) in [6, 6.07) is 82.3. The summed E-state index contributed by atoms with van der Waals surface area (Å²) >= 11 is 0. The Balaban J connectivity index is 1.20. The van der Waals surface area contributed by atoms with Crippen LogP contribution < -0.4 is 26.2 Å². The molecular weight excluding hydrogens is 844 g/mol. The molecule has 0 aliphatic carbocycles. The lowest BCUT2D eigenvalue weighted by Gasteiger charge is -2.45. The first-order valence-corrected chi connectivity index (χ1v) is 25.1. The third-order valence-electron chi connectivity index (χ3n) is 15.0. The lowest BCUT2D eigenvalue weighted by molar-refractivity contribution is 0.569. The van der Waals surface area contributed by atoms with E-state index in [0.29, 0.717) is 0 Å². The van der Waals surface area contributed by atoms with E-state index in [9.17, 15) is 0 Å². The second-order valence-electron chi connectivity index (χ2n) is 22.6. The number of benzene rings is 9. The number of hydrogen-bond acceptors (Lipinski definition) is 2. The van der Waals surface area contributed by atoms with E-state index in [4.69, 9.17) is 0 Å². The van der Waals surface area contributed by atoms with Crippen LogP contribution in [0.5, 0.6) is 0 Å². The molecule has 9 aromatic rings. The van der Waals surface area contributed by atoms with Gasteiger partial charge >= 0.3 is 0 Å². The smallest absolute Gasteiger partial charge is 0.252 e. The maximum Gasteiger partial charge on any atom is 0.252 e. The van der Waals surface area contributed by atoms with Crippen LogP contribution in [0.25, 0.3) is 11.1 Å². The van der Waals surface area contributed by atoms with Crippen LogP contribution in [-0.4, -0.2) is 6.71 Å². The third kappa shape index (κ3) is 7.59. The average molecular weight is 907 g/mol. The van der Waals surface area contributed by atoms with Gasteiger partial charge in [-0.3, -0.25) is 0 Å². The fraction of sp³-hybridized carbons (Fsp3) is 0.194. The number of para-hydroxylation sites is 1. The number of nitrogens with zero attached hydrogens (tertiary/aromatic N) is 2. The normalized spacial score (nSPS) is 13.4. The highest BCUT2D eigenvalue weighted by Crippen LogP contribution is 2.50. The van der Waals surface area contributed by atoms with Crippen LogP contribution in [-0.2, 0) is 21.7 Å². The van der Waals surface area contributed by atoms with Crippen molar-refractivity contribution in [2.24, 2.45) is 0 Å². The Hall–Kier alpha value is -7.36. The molecule has 70 heavy (non-hydrogen) atoms. The zero-order chi connectivity index (χ0) is 48.6. The minimum Gasteiger partial charge on any atom is -0.311 e. The summed E-state index contributed by atoms with van der Waals surface area (Å²) in [5.41, 5.74) is 21.7. The quantitative estimate of drug-likeness (QED) is 0.116. The number of fused-ring (bicyclic) bond motifs is 4. The molecule has 3 heteroatoms. The molecule has 0 saturated carbocycles. The Morgan fingerprint density at radius 3 is 1.20 bits per heavy atom. The molecule has 0 N–H and O–H groups in total. The molecule has 0 saturated heterocycles. The molecule has 0 spiro atoms. The fourth-order valence-electron chi connectivity index (χ4n) is 11.3. The maximum atomic E-state index is 2.62. The van der Waals surface area contributed by atoms with E-state index in [0.717, 1.165) is 5.69 Å². The molecule has 0 atom stereocenters. The van der Waals surface area contributed by atoms with Crippen molar-refractivity contribution in [2.75, 3.05) is 9.80 Å². The van der Waals surface area contributed by atoms with Crippen molar-refractivity contribution in [1.82, 2.24) is 0 Å². The standard InChI is InChI=1S/C67H63BN2/c1-64(2,3)52-36-39-58-60(45-52)70(56-43-53(65(4,5)6)42-54(44-56)66(7,8)9)62-41-47(46-24-14-10-15-25-46)40-61-63(62)68(58)57-32-22-23-33-59(57)69(61)55-37-34-51(35-38-55)67(48-26-16-11-17-27-48,49-28-18-12-19-29-49)50-30-20-13-21-31-50/h10-45H,1-9H3. The summed E-state index contributed by atoms with van der Waals surface area (Å²) in [4.78, 5) is 5.18. The van der Waals surface area contributed by atoms with Crippen LogP contribution in [0.2, 0.25) is 0 Å². The molecule has 0 aromatic heterocycles. The molecule has 0 fully saturated rings. The molecule has 0 bridgehead atoms. The van der Waals surface area contributed by atoms with Crippen LogP contribution in [0.4, 0.5) is 34.1 Å². The molecule has 0 unspecified atom stereocenters. The Morgan fingerprint density at radius 2 is 0.700 bits per heavy atom. The van der Waals surface area contributed by atoms with Crippen molar-refractivity contribution in [3.05, 3.63) is 257 Å². The van der Waals surface area contributed by atoms with Gasteiger partial charge in [0, 0.05) is 34.1 Å². The first-order valence-electron chi connectivity index (χ1n) is 25.1. The topological polar surface area (TPSA) is 6.48 Å². The molecule has 11 rings (SSSR count). The highest BCUT2D eigenvalue weighted by Gasteiger charge is 2.45. The summed E-state index contributed by atoms with van der Waals surface area (Å²) in [6.45, 7) is 21.1. The summed E-state index contributed by atoms with van der Waals surface area (Å²) in [6.07, 6.45) is 0. The van der Waals surface area contributed by atoms with Gasteiger partial charge in [0.05, 0.1) is 5.41 Å². The van der Waals surface area contributed by atoms with Crippen LogP contribution in [0.3, 0.4) is 0 Å². The van der Waals surface area contributed by atoms with Gasteiger partial charge in [0.2, 0.25) is 0 Å². The van der Waals surface area contributed by atoms with Crippen LogP contribution in [0.1, 0.15) is 101 Å². The van der Waals surface area contributed by atoms with Crippen molar-refractivity contribution in [3.8, 4) is 11.1 Å². The highest BCUT2D eigenvalue weighted by molar-refractivity contribution is 7.00. The van der Waals surface area contributed by atoms with Gasteiger partial charge in [-0.1, -0.05) is 232 Å². The van der Waals surface area contributed by atoms with E-state index in [-0.39, 0.29) is 23.0 Å². The summed E-state index contributed by atoms with van der Waals surface area (Å²) < 4.78 is 0. The zero-order valence-electron chi connectivity index (χ0n) is 42.3. The van der Waals surface area contributed by atoms with Gasteiger partial charge in [-0.05, 0) is 131 Å². The molecule has 344 valence electrons. The van der Waals surface area contributed by atoms with E-state index in [2.05, 4.69) is 291 Å². The van der Waals surface area contributed by atoms with Crippen molar-refractivity contribution < 1.29 is 0 Å². The Labute approximate surface area is 417 Å². The van der Waals surface area contributed by atoms with Crippen molar-refractivity contribution in [2.45, 2.75) is 84.0 Å². The minimum absolute atomic E-state index is 0.0107. The molecule has 0 radical (unpaired) electrons. The van der Waals surface area contributed by atoms with Gasteiger partial charge in [-0.15, -0.1) is 0 Å². The summed E-state index contributed by atoms with van der Waals surface area (Å²) in [7, 11) is 0. The first-order chi connectivity index (χ1) is 33.6. The second-order valence-corrected chi connectivity index (χ2v) is 22.6. The van der Waals surface area contributed by atoms with E-state index in [1.54, 1.807) is 0 Å². The van der Waals surface area contributed by atoms with E-state index in [1.807, 2.05) is 0 Å². The van der Waals surface area contributed by atoms with Crippen molar-refractivity contribution in [1.29, 1.82) is 0 Å². The third-order valence-corrected chi connectivity index (χ3v) is 15.0. The van der Waals surface area contributed by atoms with Gasteiger partial charge < -0.3 is 9.80 Å². The Kier molecular flexibility index (Phi) is 10.9. The summed E-state index contributed by atoms with van der Waals surface area (Å²) in [5, 5.41) is 0. The van der Waals surface area contributed by atoms with Gasteiger partial charge in [0.25, 0.3) is 6.71 Å². The molecule has 9 aromatic carbocycles. The van der Waals surface area contributed by atoms with E-state index >= 15 is 0 Å². The Morgan fingerprint density at radius 1 is 0.286 bits per heavy atom. The average Bonchev–Trinajstić information content (AvgIpc) is 3.37. The number of rotatable bonds is 7. The fourth-order valence-corrected chi connectivity index (χ4v) is 11.3. The second kappa shape index (κ2) is 17.0. The monoisotopic (exact) mass is 907 g/mol. The summed E-state index contributed by atoms with van der Waals surface area (Å²) in [5.74, 6) is 0. The van der Waals surface area contributed by atoms with Gasteiger partial charge in [-0.2, -0.15) is 0 Å². The molecule has 2 heterocycles. The van der Waals surface area contributed by atoms with Gasteiger partial charge in [0.1, 0.15) is 0 Å². The number of anilines is 6. The van der Waals surface area contributed by atoms with Crippen molar-refractivity contribution in [3.63, 3.8) is 0 Å².